The van der Waals surface area contributed by atoms with Crippen LogP contribution in [0.1, 0.15) is 42.6 Å². The predicted octanol–water partition coefficient (Wildman–Crippen LogP) is 2.05. The van der Waals surface area contributed by atoms with E-state index in [1.807, 2.05) is 37.7 Å². The maximum absolute atomic E-state index is 12.8. The highest BCUT2D eigenvalue weighted by Gasteiger charge is 2.38. The first kappa shape index (κ1) is 17.6. The molecule has 1 atom stereocenters. The summed E-state index contributed by atoms with van der Waals surface area (Å²) in [5, 5.41) is 10.3. The molecule has 142 valence electrons. The van der Waals surface area contributed by atoms with Gasteiger partial charge >= 0.3 is 0 Å². The van der Waals surface area contributed by atoms with Crippen molar-refractivity contribution < 1.29 is 9.59 Å². The summed E-state index contributed by atoms with van der Waals surface area (Å²) in [7, 11) is 1.93. The second-order valence-electron chi connectivity index (χ2n) is 7.91. The van der Waals surface area contributed by atoms with Gasteiger partial charge in [0, 0.05) is 43.5 Å². The van der Waals surface area contributed by atoms with Gasteiger partial charge in [0.2, 0.25) is 5.91 Å². The number of nitrogens with one attached hydrogen (secondary N) is 2. The van der Waals surface area contributed by atoms with Crippen LogP contribution < -0.4 is 15.5 Å². The van der Waals surface area contributed by atoms with E-state index in [-0.39, 0.29) is 17.9 Å². The Labute approximate surface area is 158 Å². The molecule has 0 radical (unpaired) electrons. The van der Waals surface area contributed by atoms with Crippen LogP contribution in [0.25, 0.3) is 0 Å². The molecule has 1 saturated heterocycles. The van der Waals surface area contributed by atoms with Gasteiger partial charge in [-0.2, -0.15) is 5.10 Å². The van der Waals surface area contributed by atoms with E-state index in [0.717, 1.165) is 43.0 Å². The molecule has 2 N–H and O–H groups in total. The first-order valence-corrected chi connectivity index (χ1v) is 9.36. The van der Waals surface area contributed by atoms with E-state index in [9.17, 15) is 9.59 Å². The van der Waals surface area contributed by atoms with Gasteiger partial charge in [0.25, 0.3) is 5.91 Å². The van der Waals surface area contributed by atoms with Crippen molar-refractivity contribution in [1.82, 2.24) is 15.1 Å². The van der Waals surface area contributed by atoms with Crippen LogP contribution in [0.3, 0.4) is 0 Å². The van der Waals surface area contributed by atoms with Crippen LogP contribution in [0, 0.1) is 0 Å². The molecule has 27 heavy (non-hydrogen) atoms. The second kappa shape index (κ2) is 6.40. The summed E-state index contributed by atoms with van der Waals surface area (Å²) in [4.78, 5) is 27.1. The lowest BCUT2D eigenvalue weighted by atomic mass is 9.86. The summed E-state index contributed by atoms with van der Waals surface area (Å²) < 4.78 is 1.86. The van der Waals surface area contributed by atoms with Gasteiger partial charge in [0.05, 0.1) is 11.6 Å². The van der Waals surface area contributed by atoms with Crippen molar-refractivity contribution in [2.24, 2.45) is 7.05 Å². The Hall–Kier alpha value is -2.83. The van der Waals surface area contributed by atoms with E-state index in [4.69, 9.17) is 0 Å². The number of fused-ring (bicyclic) bond motifs is 1. The highest BCUT2D eigenvalue weighted by atomic mass is 16.2. The zero-order valence-corrected chi connectivity index (χ0v) is 16.0. The fourth-order valence-corrected chi connectivity index (χ4v) is 3.98. The fraction of sp³-hybridized carbons (Fsp3) is 0.450. The molecular formula is C20H25N5O2. The van der Waals surface area contributed by atoms with E-state index >= 15 is 0 Å². The normalized spacial score (nSPS) is 20.9. The number of rotatable bonds is 3. The molecule has 2 aliphatic heterocycles. The van der Waals surface area contributed by atoms with Crippen LogP contribution in [0.4, 0.5) is 11.5 Å². The fourth-order valence-electron chi connectivity index (χ4n) is 3.98. The third kappa shape index (κ3) is 3.07. The standard InChI is InChI=1S/C20H25N5O2/c1-20(2)15-7-6-13(11-16(15)23-19(20)27)18(26)22-14-5-4-10-25(12-14)17-8-9-21-24(17)3/h6-9,11,14H,4-5,10,12H2,1-3H3,(H,22,26)(H,23,27). The number of aromatic nitrogens is 2. The van der Waals surface area contributed by atoms with Crippen molar-refractivity contribution in [3.63, 3.8) is 0 Å². The molecule has 4 rings (SSSR count). The first-order chi connectivity index (χ1) is 12.9. The molecule has 2 amide bonds. The Balaban J connectivity index is 1.46. The summed E-state index contributed by atoms with van der Waals surface area (Å²) in [5.74, 6) is 0.930. The van der Waals surface area contributed by atoms with E-state index in [2.05, 4.69) is 20.6 Å². The van der Waals surface area contributed by atoms with Crippen LogP contribution in [-0.4, -0.2) is 40.7 Å². The summed E-state index contributed by atoms with van der Waals surface area (Å²) in [6, 6.07) is 7.54. The van der Waals surface area contributed by atoms with Gasteiger partial charge < -0.3 is 15.5 Å². The Morgan fingerprint density at radius 1 is 1.33 bits per heavy atom. The van der Waals surface area contributed by atoms with Crippen molar-refractivity contribution in [3.8, 4) is 0 Å². The molecule has 1 unspecified atom stereocenters. The monoisotopic (exact) mass is 367 g/mol. The Bertz CT molecular complexity index is 902. The van der Waals surface area contributed by atoms with Crippen LogP contribution in [-0.2, 0) is 17.3 Å². The topological polar surface area (TPSA) is 79.3 Å². The van der Waals surface area contributed by atoms with E-state index in [1.54, 1.807) is 18.3 Å². The molecule has 0 spiro atoms. The van der Waals surface area contributed by atoms with Gasteiger partial charge in [-0.25, -0.2) is 0 Å². The molecule has 2 aliphatic rings. The molecule has 3 heterocycles. The smallest absolute Gasteiger partial charge is 0.251 e. The predicted molar refractivity (Wildman–Crippen MR) is 104 cm³/mol. The minimum atomic E-state index is -0.558. The van der Waals surface area contributed by atoms with Gasteiger partial charge in [-0.05, 0) is 44.4 Å². The quantitative estimate of drug-likeness (QED) is 0.870. The second-order valence-corrected chi connectivity index (χ2v) is 7.91. The highest BCUT2D eigenvalue weighted by Crippen LogP contribution is 2.37. The number of carbonyl (C=O) groups is 2. The number of aryl methyl sites for hydroxylation is 1. The van der Waals surface area contributed by atoms with Crippen molar-refractivity contribution in [2.45, 2.75) is 38.1 Å². The first-order valence-electron chi connectivity index (χ1n) is 9.36. The number of hydrogen-bond acceptors (Lipinski definition) is 4. The zero-order chi connectivity index (χ0) is 19.2. The summed E-state index contributed by atoms with van der Waals surface area (Å²) in [6.45, 7) is 5.51. The van der Waals surface area contributed by atoms with E-state index in [1.165, 1.54) is 0 Å². The Kier molecular flexibility index (Phi) is 4.17. The van der Waals surface area contributed by atoms with Gasteiger partial charge in [-0.1, -0.05) is 6.07 Å². The van der Waals surface area contributed by atoms with Crippen LogP contribution in [0.5, 0.6) is 0 Å². The van der Waals surface area contributed by atoms with Crippen molar-refractivity contribution in [1.29, 1.82) is 0 Å². The lowest BCUT2D eigenvalue weighted by Gasteiger charge is -2.34. The number of nitrogens with zero attached hydrogens (tertiary/aromatic N) is 3. The number of benzene rings is 1. The Morgan fingerprint density at radius 3 is 2.89 bits per heavy atom. The number of hydrogen-bond donors (Lipinski definition) is 2. The highest BCUT2D eigenvalue weighted by molar-refractivity contribution is 6.07. The largest absolute Gasteiger partial charge is 0.355 e. The average Bonchev–Trinajstić information content (AvgIpc) is 3.16. The van der Waals surface area contributed by atoms with Crippen molar-refractivity contribution >= 4 is 23.3 Å². The van der Waals surface area contributed by atoms with Crippen LogP contribution in [0.2, 0.25) is 0 Å². The summed E-state index contributed by atoms with van der Waals surface area (Å²) in [5.41, 5.74) is 1.68. The maximum atomic E-state index is 12.8. The summed E-state index contributed by atoms with van der Waals surface area (Å²) >= 11 is 0. The minimum Gasteiger partial charge on any atom is -0.355 e. The summed E-state index contributed by atoms with van der Waals surface area (Å²) in [6.07, 6.45) is 3.76. The third-order valence-corrected chi connectivity index (χ3v) is 5.65. The molecule has 0 aliphatic carbocycles. The molecule has 0 bridgehead atoms. The van der Waals surface area contributed by atoms with Gasteiger partial charge in [0.15, 0.2) is 0 Å². The molecule has 7 heteroatoms. The van der Waals surface area contributed by atoms with Gasteiger partial charge in [-0.3, -0.25) is 14.3 Å². The molecule has 2 aromatic rings. The van der Waals surface area contributed by atoms with Gasteiger partial charge in [0.1, 0.15) is 5.82 Å². The lowest BCUT2D eigenvalue weighted by Crippen LogP contribution is -2.48. The van der Waals surface area contributed by atoms with E-state index in [0.29, 0.717) is 5.56 Å². The maximum Gasteiger partial charge on any atom is 0.251 e. The average molecular weight is 367 g/mol. The number of anilines is 2. The minimum absolute atomic E-state index is 0.0332. The molecule has 1 fully saturated rings. The zero-order valence-electron chi connectivity index (χ0n) is 16.0. The lowest BCUT2D eigenvalue weighted by molar-refractivity contribution is -0.119. The number of amides is 2. The molecular weight excluding hydrogens is 342 g/mol. The van der Waals surface area contributed by atoms with Gasteiger partial charge in [-0.15, -0.1) is 0 Å². The molecule has 0 saturated carbocycles. The van der Waals surface area contributed by atoms with Crippen molar-refractivity contribution in [2.75, 3.05) is 23.3 Å². The number of carbonyl (C=O) groups excluding carboxylic acids is 2. The van der Waals surface area contributed by atoms with E-state index < -0.39 is 5.41 Å². The van der Waals surface area contributed by atoms with Crippen LogP contribution >= 0.6 is 0 Å². The van der Waals surface area contributed by atoms with Crippen LogP contribution in [0.15, 0.2) is 30.5 Å². The van der Waals surface area contributed by atoms with Crippen molar-refractivity contribution in [3.05, 3.63) is 41.6 Å². The number of piperidine rings is 1. The Morgan fingerprint density at radius 2 is 2.15 bits per heavy atom. The SMILES string of the molecule is Cn1nccc1N1CCCC(NC(=O)c2ccc3c(c2)NC(=O)C3(C)C)C1. The molecule has 1 aromatic carbocycles. The molecule has 7 nitrogen and oxygen atoms in total. The molecule has 1 aromatic heterocycles. The third-order valence-electron chi connectivity index (χ3n) is 5.65.